The van der Waals surface area contributed by atoms with Crippen molar-refractivity contribution in [3.63, 3.8) is 0 Å². The number of hydrogen-bond donors (Lipinski definition) is 3. The molecule has 1 aliphatic carbocycles. The Morgan fingerprint density at radius 1 is 1.09 bits per heavy atom. The quantitative estimate of drug-likeness (QED) is 0.543. The molecule has 1 heterocycles. The number of benzene rings is 2. The van der Waals surface area contributed by atoms with Gasteiger partial charge >= 0.3 is 12.1 Å². The van der Waals surface area contributed by atoms with Crippen molar-refractivity contribution < 1.29 is 33.7 Å². The predicted octanol–water partition coefficient (Wildman–Crippen LogP) is 2.29. The number of amides is 2. The van der Waals surface area contributed by atoms with Crippen molar-refractivity contribution in [1.29, 1.82) is 0 Å². The zero-order chi connectivity index (χ0) is 24.3. The number of nitrogens with one attached hydrogen (secondary N) is 2. The highest BCUT2D eigenvalue weighted by Crippen LogP contribution is 2.44. The second kappa shape index (κ2) is 9.82. The van der Waals surface area contributed by atoms with Gasteiger partial charge in [-0.3, -0.25) is 4.79 Å². The molecular formula is C25H28N2O7. The highest BCUT2D eigenvalue weighted by Gasteiger charge is 2.41. The van der Waals surface area contributed by atoms with E-state index in [0.29, 0.717) is 6.42 Å². The van der Waals surface area contributed by atoms with Gasteiger partial charge in [0.2, 0.25) is 5.91 Å². The minimum atomic E-state index is -1.47. The second-order valence-electron chi connectivity index (χ2n) is 8.71. The number of aliphatic carboxylic acids is 1. The Kier molecular flexibility index (Phi) is 6.85. The molecule has 0 saturated carbocycles. The molecule has 1 unspecified atom stereocenters. The van der Waals surface area contributed by atoms with Crippen molar-refractivity contribution in [2.75, 3.05) is 26.9 Å². The van der Waals surface area contributed by atoms with E-state index in [2.05, 4.69) is 10.6 Å². The average Bonchev–Trinajstić information content (AvgIpc) is 3.40. The molecule has 2 aliphatic rings. The summed E-state index contributed by atoms with van der Waals surface area (Å²) in [6, 6.07) is 15.3. The van der Waals surface area contributed by atoms with Gasteiger partial charge in [-0.15, -0.1) is 0 Å². The molecule has 3 atom stereocenters. The smallest absolute Gasteiger partial charge is 0.408 e. The van der Waals surface area contributed by atoms with E-state index in [4.69, 9.17) is 14.2 Å². The van der Waals surface area contributed by atoms with E-state index in [9.17, 15) is 19.5 Å². The Morgan fingerprint density at radius 3 is 2.29 bits per heavy atom. The average molecular weight is 469 g/mol. The van der Waals surface area contributed by atoms with E-state index in [1.54, 1.807) is 0 Å². The first-order valence-electron chi connectivity index (χ1n) is 11.1. The normalized spacial score (nSPS) is 20.6. The first kappa shape index (κ1) is 23.7. The third kappa shape index (κ3) is 4.62. The molecule has 2 amide bonds. The lowest BCUT2D eigenvalue weighted by molar-refractivity contribution is -0.148. The lowest BCUT2D eigenvalue weighted by Crippen LogP contribution is -2.62. The summed E-state index contributed by atoms with van der Waals surface area (Å²) in [5.74, 6) is -1.85. The van der Waals surface area contributed by atoms with E-state index in [0.717, 1.165) is 22.3 Å². The number of carboxylic acid groups (broad SMARTS) is 1. The van der Waals surface area contributed by atoms with Crippen molar-refractivity contribution in [1.82, 2.24) is 10.6 Å². The Balaban J connectivity index is 1.42. The van der Waals surface area contributed by atoms with Crippen LogP contribution >= 0.6 is 0 Å². The zero-order valence-corrected chi connectivity index (χ0v) is 19.1. The number of fused-ring (bicyclic) bond motifs is 3. The maximum Gasteiger partial charge on any atom is 0.408 e. The van der Waals surface area contributed by atoms with Gasteiger partial charge in [0.1, 0.15) is 12.1 Å². The van der Waals surface area contributed by atoms with Crippen LogP contribution in [0.25, 0.3) is 11.1 Å². The Hall–Kier alpha value is -3.43. The van der Waals surface area contributed by atoms with Crippen molar-refractivity contribution >= 4 is 18.0 Å². The lowest BCUT2D eigenvalue weighted by atomic mass is 9.98. The molecular weight excluding hydrogens is 440 g/mol. The molecule has 1 fully saturated rings. The number of carbonyl (C=O) groups is 3. The van der Waals surface area contributed by atoms with Crippen LogP contribution in [0.5, 0.6) is 0 Å². The molecule has 9 nitrogen and oxygen atoms in total. The molecule has 9 heteroatoms. The number of ether oxygens (including phenoxy) is 3. The van der Waals surface area contributed by atoms with Gasteiger partial charge in [0.05, 0.1) is 12.6 Å². The number of carbonyl (C=O) groups excluding carboxylic acids is 2. The summed E-state index contributed by atoms with van der Waals surface area (Å²) in [4.78, 5) is 37.1. The number of alkyl carbamates (subject to hydrolysis) is 1. The van der Waals surface area contributed by atoms with E-state index >= 15 is 0 Å². The standard InChI is InChI=1S/C25H28N2O7/c1-25(14-32-2,23(30)26-20-11-12-33-21(20)22(28)29)27-24(31)34-13-19-17-9-5-3-7-15(17)16-8-4-6-10-18(16)19/h3-10,19-21H,11-14H2,1-2H3,(H,26,30)(H,27,31)(H,28,29)/t20-,21+,25?/m0/s1. The number of hydrogen-bond acceptors (Lipinski definition) is 6. The predicted molar refractivity (Wildman–Crippen MR) is 122 cm³/mol. The van der Waals surface area contributed by atoms with Crippen LogP contribution < -0.4 is 10.6 Å². The highest BCUT2D eigenvalue weighted by molar-refractivity contribution is 5.90. The largest absolute Gasteiger partial charge is 0.479 e. The second-order valence-corrected chi connectivity index (χ2v) is 8.71. The van der Waals surface area contributed by atoms with Crippen LogP contribution in [0, 0.1) is 0 Å². The van der Waals surface area contributed by atoms with Gasteiger partial charge in [-0.2, -0.15) is 0 Å². The minimum absolute atomic E-state index is 0.0993. The van der Waals surface area contributed by atoms with Crippen molar-refractivity contribution in [2.45, 2.75) is 36.9 Å². The van der Waals surface area contributed by atoms with Crippen LogP contribution in [0.2, 0.25) is 0 Å². The number of carboxylic acids is 1. The Labute approximate surface area is 197 Å². The molecule has 34 heavy (non-hydrogen) atoms. The van der Waals surface area contributed by atoms with E-state index in [1.807, 2.05) is 48.5 Å². The Morgan fingerprint density at radius 2 is 1.71 bits per heavy atom. The monoisotopic (exact) mass is 468 g/mol. The van der Waals surface area contributed by atoms with Crippen LogP contribution in [0.3, 0.4) is 0 Å². The number of rotatable bonds is 8. The van der Waals surface area contributed by atoms with Gasteiger partial charge in [0, 0.05) is 19.6 Å². The van der Waals surface area contributed by atoms with Gasteiger partial charge < -0.3 is 30.0 Å². The molecule has 3 N–H and O–H groups in total. The summed E-state index contributed by atoms with van der Waals surface area (Å²) in [6.07, 6.45) is -1.55. The van der Waals surface area contributed by atoms with Crippen LogP contribution in [0.15, 0.2) is 48.5 Å². The fourth-order valence-electron chi connectivity index (χ4n) is 4.62. The summed E-state index contributed by atoms with van der Waals surface area (Å²) < 4.78 is 15.9. The fourth-order valence-corrected chi connectivity index (χ4v) is 4.62. The summed E-state index contributed by atoms with van der Waals surface area (Å²) in [6.45, 7) is 1.69. The van der Waals surface area contributed by atoms with Gasteiger partial charge in [-0.05, 0) is 35.6 Å². The highest BCUT2D eigenvalue weighted by atomic mass is 16.6. The SMILES string of the molecule is COCC(C)(NC(=O)OCC1c2ccccc2-c2ccccc21)C(=O)N[C@H]1CCO[C@H]1C(=O)O. The molecule has 0 aromatic heterocycles. The van der Waals surface area contributed by atoms with Crippen LogP contribution in [-0.2, 0) is 23.8 Å². The van der Waals surface area contributed by atoms with Crippen LogP contribution in [-0.4, -0.2) is 67.7 Å². The molecule has 0 radical (unpaired) electrons. The Bertz CT molecular complexity index is 1040. The lowest BCUT2D eigenvalue weighted by Gasteiger charge is -2.30. The molecule has 1 saturated heterocycles. The summed E-state index contributed by atoms with van der Waals surface area (Å²) in [7, 11) is 1.41. The molecule has 0 bridgehead atoms. The van der Waals surface area contributed by atoms with E-state index in [1.165, 1.54) is 14.0 Å². The molecule has 2 aromatic rings. The van der Waals surface area contributed by atoms with Crippen molar-refractivity contribution in [3.05, 3.63) is 59.7 Å². The molecule has 0 spiro atoms. The van der Waals surface area contributed by atoms with Gasteiger partial charge in [0.15, 0.2) is 6.10 Å². The molecule has 2 aromatic carbocycles. The van der Waals surface area contributed by atoms with Crippen molar-refractivity contribution in [3.8, 4) is 11.1 Å². The maximum atomic E-state index is 13.0. The van der Waals surface area contributed by atoms with Gasteiger partial charge in [0.25, 0.3) is 0 Å². The minimum Gasteiger partial charge on any atom is -0.479 e. The summed E-state index contributed by atoms with van der Waals surface area (Å²) in [5.41, 5.74) is 2.91. The fraction of sp³-hybridized carbons (Fsp3) is 0.400. The molecule has 180 valence electrons. The third-order valence-corrected chi connectivity index (χ3v) is 6.31. The molecule has 1 aliphatic heterocycles. The van der Waals surface area contributed by atoms with Crippen molar-refractivity contribution in [2.24, 2.45) is 0 Å². The van der Waals surface area contributed by atoms with Gasteiger partial charge in [-0.25, -0.2) is 9.59 Å². The zero-order valence-electron chi connectivity index (χ0n) is 19.1. The van der Waals surface area contributed by atoms with E-state index < -0.39 is 35.7 Å². The first-order chi connectivity index (χ1) is 16.3. The van der Waals surface area contributed by atoms with Crippen LogP contribution in [0.4, 0.5) is 4.79 Å². The van der Waals surface area contributed by atoms with E-state index in [-0.39, 0.29) is 25.7 Å². The van der Waals surface area contributed by atoms with Gasteiger partial charge in [-0.1, -0.05) is 48.5 Å². The molecule has 4 rings (SSSR count). The van der Waals surface area contributed by atoms with Crippen LogP contribution in [0.1, 0.15) is 30.4 Å². The third-order valence-electron chi connectivity index (χ3n) is 6.31. The summed E-state index contributed by atoms with van der Waals surface area (Å²) >= 11 is 0. The number of methoxy groups -OCH3 is 1. The first-order valence-corrected chi connectivity index (χ1v) is 11.1. The maximum absolute atomic E-state index is 13.0. The topological polar surface area (TPSA) is 123 Å². The summed E-state index contributed by atoms with van der Waals surface area (Å²) in [5, 5.41) is 14.5.